The summed E-state index contributed by atoms with van der Waals surface area (Å²) in [5.74, 6) is 0. The number of alkyl halides is 1. The van der Waals surface area contributed by atoms with Gasteiger partial charge in [0.05, 0.1) is 10.2 Å². The minimum absolute atomic E-state index is 0.0206. The molecule has 17 heavy (non-hydrogen) atoms. The molecule has 0 spiro atoms. The zero-order valence-electron chi connectivity index (χ0n) is 8.60. The summed E-state index contributed by atoms with van der Waals surface area (Å²) in [4.78, 5) is 24.8. The molecule has 94 valence electrons. The van der Waals surface area contributed by atoms with Crippen LogP contribution in [-0.4, -0.2) is 33.5 Å². The maximum atomic E-state index is 13.4. The molecule has 2 heterocycles. The Hall–Kier alpha value is -0.740. The normalized spacial score (nSPS) is 28.5. The number of rotatable bonds is 2. The molecule has 3 atom stereocenters. The highest BCUT2D eigenvalue weighted by Crippen LogP contribution is 2.29. The van der Waals surface area contributed by atoms with Crippen LogP contribution in [-0.2, 0) is 4.74 Å². The van der Waals surface area contributed by atoms with Gasteiger partial charge >= 0.3 is 5.69 Å². The molecule has 1 aromatic heterocycles. The number of ether oxygens (including phenoxy) is 1. The van der Waals surface area contributed by atoms with Crippen LogP contribution in [0.25, 0.3) is 0 Å². The Balaban J connectivity index is 2.34. The van der Waals surface area contributed by atoms with Crippen LogP contribution in [0.3, 0.4) is 0 Å². The predicted molar refractivity (Wildman–Crippen MR) is 64.5 cm³/mol. The van der Waals surface area contributed by atoms with Crippen LogP contribution in [0.5, 0.6) is 0 Å². The first-order chi connectivity index (χ1) is 8.02. The lowest BCUT2D eigenvalue weighted by atomic mass is 10.2. The van der Waals surface area contributed by atoms with E-state index in [0.29, 0.717) is 3.57 Å². The third-order valence-electron chi connectivity index (χ3n) is 2.58. The van der Waals surface area contributed by atoms with Gasteiger partial charge in [0.2, 0.25) is 0 Å². The Labute approximate surface area is 109 Å². The van der Waals surface area contributed by atoms with E-state index < -0.39 is 36.4 Å². The highest BCUT2D eigenvalue weighted by molar-refractivity contribution is 14.1. The lowest BCUT2D eigenvalue weighted by Gasteiger charge is -2.14. The monoisotopic (exact) mass is 356 g/mol. The minimum Gasteiger partial charge on any atom is -0.394 e. The molecule has 2 N–H and O–H groups in total. The van der Waals surface area contributed by atoms with Crippen molar-refractivity contribution in [2.75, 3.05) is 6.61 Å². The van der Waals surface area contributed by atoms with Crippen molar-refractivity contribution in [3.05, 3.63) is 30.6 Å². The highest BCUT2D eigenvalue weighted by Gasteiger charge is 2.36. The average molecular weight is 356 g/mol. The van der Waals surface area contributed by atoms with Crippen molar-refractivity contribution >= 4 is 22.6 Å². The topological polar surface area (TPSA) is 84.3 Å². The Kier molecular flexibility index (Phi) is 3.64. The van der Waals surface area contributed by atoms with E-state index in [4.69, 9.17) is 9.84 Å². The van der Waals surface area contributed by atoms with Gasteiger partial charge in [-0.1, -0.05) is 0 Å². The molecular weight excluding hydrogens is 346 g/mol. The van der Waals surface area contributed by atoms with Gasteiger partial charge in [-0.2, -0.15) is 0 Å². The molecule has 1 fully saturated rings. The van der Waals surface area contributed by atoms with E-state index in [0.717, 1.165) is 4.57 Å². The van der Waals surface area contributed by atoms with Gasteiger partial charge in [0.15, 0.2) is 0 Å². The van der Waals surface area contributed by atoms with Crippen LogP contribution >= 0.6 is 22.6 Å². The van der Waals surface area contributed by atoms with Gasteiger partial charge in [0.25, 0.3) is 5.56 Å². The van der Waals surface area contributed by atoms with E-state index in [1.54, 1.807) is 22.6 Å². The summed E-state index contributed by atoms with van der Waals surface area (Å²) in [6, 6.07) is 0. The third-order valence-corrected chi connectivity index (χ3v) is 3.35. The number of aliphatic hydroxyl groups is 1. The molecule has 8 heteroatoms. The Morgan fingerprint density at radius 3 is 2.94 bits per heavy atom. The van der Waals surface area contributed by atoms with Crippen molar-refractivity contribution in [1.29, 1.82) is 0 Å². The summed E-state index contributed by atoms with van der Waals surface area (Å²) in [7, 11) is 0. The predicted octanol–water partition coefficient (Wildman–Crippen LogP) is -0.241. The van der Waals surface area contributed by atoms with Crippen LogP contribution in [0.2, 0.25) is 0 Å². The van der Waals surface area contributed by atoms with Gasteiger partial charge in [-0.3, -0.25) is 14.3 Å². The van der Waals surface area contributed by atoms with Crippen LogP contribution in [0, 0.1) is 3.57 Å². The molecule has 0 aliphatic carbocycles. The van der Waals surface area contributed by atoms with Crippen molar-refractivity contribution in [3.8, 4) is 0 Å². The third kappa shape index (κ3) is 2.43. The number of H-pyrrole nitrogens is 1. The number of aliphatic hydroxyl groups excluding tert-OH is 1. The standard InChI is InChI=1S/C9H10FIN2O4/c10-4-1-7(17-6(4)3-14)13-2-5(11)8(15)12-9(13)16/h2,4,6-7,14H,1,3H2,(H,12,15,16). The molecule has 0 radical (unpaired) electrons. The quantitative estimate of drug-likeness (QED) is 0.717. The number of nitrogens with one attached hydrogen (secondary N) is 1. The zero-order valence-corrected chi connectivity index (χ0v) is 10.8. The van der Waals surface area contributed by atoms with Gasteiger partial charge in [-0.15, -0.1) is 0 Å². The smallest absolute Gasteiger partial charge is 0.330 e. The Morgan fingerprint density at radius 1 is 1.65 bits per heavy atom. The van der Waals surface area contributed by atoms with Gasteiger partial charge in [-0.25, -0.2) is 9.18 Å². The summed E-state index contributed by atoms with van der Waals surface area (Å²) in [5, 5.41) is 8.86. The van der Waals surface area contributed by atoms with E-state index >= 15 is 0 Å². The molecule has 2 rings (SSSR count). The molecule has 0 amide bonds. The lowest BCUT2D eigenvalue weighted by Crippen LogP contribution is -2.33. The van der Waals surface area contributed by atoms with Gasteiger partial charge in [0.1, 0.15) is 18.5 Å². The maximum Gasteiger partial charge on any atom is 0.330 e. The minimum atomic E-state index is -1.32. The molecular formula is C9H10FIN2O4. The van der Waals surface area contributed by atoms with Crippen molar-refractivity contribution in [3.63, 3.8) is 0 Å². The molecule has 1 aliphatic rings. The summed E-state index contributed by atoms with van der Waals surface area (Å²) >= 11 is 1.77. The van der Waals surface area contributed by atoms with Crippen molar-refractivity contribution < 1.29 is 14.2 Å². The summed E-state index contributed by atoms with van der Waals surface area (Å²) in [6.07, 6.45) is -1.73. The Morgan fingerprint density at radius 2 is 2.35 bits per heavy atom. The van der Waals surface area contributed by atoms with Crippen molar-refractivity contribution in [1.82, 2.24) is 9.55 Å². The number of hydrogen-bond donors (Lipinski definition) is 2. The van der Waals surface area contributed by atoms with Crippen molar-refractivity contribution in [2.24, 2.45) is 0 Å². The number of aromatic amines is 1. The number of hydrogen-bond acceptors (Lipinski definition) is 4. The van der Waals surface area contributed by atoms with E-state index in [1.165, 1.54) is 6.20 Å². The first kappa shape index (κ1) is 12.7. The van der Waals surface area contributed by atoms with Crippen LogP contribution in [0.4, 0.5) is 4.39 Å². The maximum absolute atomic E-state index is 13.4. The van der Waals surface area contributed by atoms with E-state index in [9.17, 15) is 14.0 Å². The first-order valence-corrected chi connectivity index (χ1v) is 6.02. The second-order valence-corrected chi connectivity index (χ2v) is 4.87. The highest BCUT2D eigenvalue weighted by atomic mass is 127. The molecule has 6 nitrogen and oxygen atoms in total. The van der Waals surface area contributed by atoms with Gasteiger partial charge < -0.3 is 9.84 Å². The fraction of sp³-hybridized carbons (Fsp3) is 0.556. The lowest BCUT2D eigenvalue weighted by molar-refractivity contribution is -0.0357. The summed E-state index contributed by atoms with van der Waals surface area (Å²) in [5.41, 5.74) is -1.13. The van der Waals surface area contributed by atoms with Gasteiger partial charge in [0, 0.05) is 12.6 Å². The molecule has 1 aromatic rings. The SMILES string of the molecule is O=c1[nH]c(=O)n(C2CC(F)C(CO)O2)cc1I. The number of aromatic nitrogens is 2. The molecule has 0 aromatic carbocycles. The molecule has 1 aliphatic heterocycles. The zero-order chi connectivity index (χ0) is 12.6. The van der Waals surface area contributed by atoms with Crippen LogP contribution < -0.4 is 11.2 Å². The number of nitrogens with zero attached hydrogens (tertiary/aromatic N) is 1. The average Bonchev–Trinajstić information content (AvgIpc) is 2.65. The van der Waals surface area contributed by atoms with Gasteiger partial charge in [-0.05, 0) is 22.6 Å². The number of halogens is 2. The fourth-order valence-electron chi connectivity index (χ4n) is 1.70. The second kappa shape index (κ2) is 4.86. The molecule has 0 saturated carbocycles. The van der Waals surface area contributed by atoms with E-state index in [2.05, 4.69) is 4.98 Å². The van der Waals surface area contributed by atoms with Crippen molar-refractivity contribution in [2.45, 2.75) is 24.9 Å². The molecule has 1 saturated heterocycles. The largest absolute Gasteiger partial charge is 0.394 e. The summed E-state index contributed by atoms with van der Waals surface area (Å²) in [6.45, 7) is -0.438. The molecule has 3 unspecified atom stereocenters. The van der Waals surface area contributed by atoms with Crippen LogP contribution in [0.15, 0.2) is 15.8 Å². The Bertz CT molecular complexity index is 528. The van der Waals surface area contributed by atoms with Crippen LogP contribution in [0.1, 0.15) is 12.6 Å². The fourth-order valence-corrected chi connectivity index (χ4v) is 2.13. The van der Waals surface area contributed by atoms with E-state index in [-0.39, 0.29) is 6.42 Å². The first-order valence-electron chi connectivity index (χ1n) is 4.94. The summed E-state index contributed by atoms with van der Waals surface area (Å²) < 4.78 is 20.0. The second-order valence-electron chi connectivity index (χ2n) is 3.71. The molecule has 0 bridgehead atoms. The van der Waals surface area contributed by atoms with E-state index in [1.807, 2.05) is 0 Å².